The number of piperazine rings is 1. The Morgan fingerprint density at radius 1 is 0.871 bits per heavy atom. The van der Waals surface area contributed by atoms with E-state index < -0.39 is 0 Å². The van der Waals surface area contributed by atoms with Gasteiger partial charge in [0, 0.05) is 66.3 Å². The topological polar surface area (TPSA) is 59.1 Å². The Balaban J connectivity index is 1.32. The molecular formula is C24H39N5O2. The summed E-state index contributed by atoms with van der Waals surface area (Å²) in [7, 11) is 3.60. The van der Waals surface area contributed by atoms with Crippen LogP contribution in [0.5, 0.6) is 0 Å². The highest BCUT2D eigenvalue weighted by molar-refractivity contribution is 5.76. The number of hydrogen-bond acceptors (Lipinski definition) is 4. The minimum absolute atomic E-state index is 0.0968. The molecule has 0 radical (unpaired) electrons. The van der Waals surface area contributed by atoms with Crippen molar-refractivity contribution in [2.45, 2.75) is 38.6 Å². The summed E-state index contributed by atoms with van der Waals surface area (Å²) in [4.78, 5) is 32.6. The van der Waals surface area contributed by atoms with Crippen molar-refractivity contribution in [1.29, 1.82) is 0 Å². The number of hydrogen-bond donors (Lipinski definition) is 1. The molecule has 172 valence electrons. The van der Waals surface area contributed by atoms with E-state index in [1.165, 1.54) is 43.5 Å². The summed E-state index contributed by atoms with van der Waals surface area (Å²) in [5, 5.41) is 3.07. The van der Waals surface area contributed by atoms with Crippen molar-refractivity contribution >= 4 is 11.9 Å². The van der Waals surface area contributed by atoms with Crippen LogP contribution in [-0.4, -0.2) is 98.0 Å². The lowest BCUT2D eigenvalue weighted by molar-refractivity contribution is -0.121. The third-order valence-electron chi connectivity index (χ3n) is 6.29. The first-order valence-electron chi connectivity index (χ1n) is 11.8. The number of rotatable bonds is 8. The van der Waals surface area contributed by atoms with E-state index in [0.717, 1.165) is 52.2 Å². The van der Waals surface area contributed by atoms with E-state index in [1.807, 2.05) is 4.90 Å². The molecule has 1 aromatic carbocycles. The lowest BCUT2D eigenvalue weighted by Gasteiger charge is -2.36. The van der Waals surface area contributed by atoms with Crippen molar-refractivity contribution in [3.05, 3.63) is 35.4 Å². The fourth-order valence-corrected chi connectivity index (χ4v) is 4.33. The van der Waals surface area contributed by atoms with Gasteiger partial charge in [-0.3, -0.25) is 9.69 Å². The molecule has 3 amide bonds. The smallest absolute Gasteiger partial charge is 0.319 e. The SMILES string of the molecule is CN(C)C(=O)N1CCN(Cc2ccc(CCC(=O)NCCN3CCCCC3)cc2)CC1. The van der Waals surface area contributed by atoms with Crippen LogP contribution in [0.4, 0.5) is 4.79 Å². The summed E-state index contributed by atoms with van der Waals surface area (Å²) in [6, 6.07) is 8.71. The molecule has 0 atom stereocenters. The molecule has 7 nitrogen and oxygen atoms in total. The number of likely N-dealkylation sites (tertiary alicyclic amines) is 1. The Morgan fingerprint density at radius 2 is 1.52 bits per heavy atom. The van der Waals surface area contributed by atoms with Gasteiger partial charge in [0.2, 0.25) is 5.91 Å². The molecule has 0 saturated carbocycles. The zero-order chi connectivity index (χ0) is 22.1. The molecule has 0 unspecified atom stereocenters. The van der Waals surface area contributed by atoms with Gasteiger partial charge in [-0.25, -0.2) is 4.79 Å². The van der Waals surface area contributed by atoms with Gasteiger partial charge in [-0.15, -0.1) is 0 Å². The van der Waals surface area contributed by atoms with Gasteiger partial charge in [0.05, 0.1) is 0 Å². The van der Waals surface area contributed by atoms with Crippen molar-refractivity contribution in [2.75, 3.05) is 66.5 Å². The van der Waals surface area contributed by atoms with E-state index in [-0.39, 0.29) is 11.9 Å². The van der Waals surface area contributed by atoms with Gasteiger partial charge in [-0.2, -0.15) is 0 Å². The highest BCUT2D eigenvalue weighted by Crippen LogP contribution is 2.12. The molecule has 0 bridgehead atoms. The largest absolute Gasteiger partial charge is 0.355 e. The molecule has 2 saturated heterocycles. The second-order valence-corrected chi connectivity index (χ2v) is 9.01. The maximum Gasteiger partial charge on any atom is 0.319 e. The number of piperidine rings is 1. The van der Waals surface area contributed by atoms with Crippen molar-refractivity contribution in [3.8, 4) is 0 Å². The summed E-state index contributed by atoms with van der Waals surface area (Å²) in [5.41, 5.74) is 2.48. The van der Waals surface area contributed by atoms with Gasteiger partial charge in [0.25, 0.3) is 0 Å². The van der Waals surface area contributed by atoms with E-state index in [0.29, 0.717) is 6.42 Å². The van der Waals surface area contributed by atoms with Crippen LogP contribution in [0.15, 0.2) is 24.3 Å². The quantitative estimate of drug-likeness (QED) is 0.687. The molecule has 1 aromatic rings. The number of amides is 3. The first-order chi connectivity index (χ1) is 15.0. The minimum atomic E-state index is 0.0968. The monoisotopic (exact) mass is 429 g/mol. The highest BCUT2D eigenvalue weighted by atomic mass is 16.2. The Hall–Kier alpha value is -2.12. The Kier molecular flexibility index (Phi) is 9.15. The molecule has 2 fully saturated rings. The number of carbonyl (C=O) groups excluding carboxylic acids is 2. The third kappa shape index (κ3) is 7.82. The van der Waals surface area contributed by atoms with E-state index in [2.05, 4.69) is 39.4 Å². The summed E-state index contributed by atoms with van der Waals surface area (Å²) in [6.45, 7) is 8.34. The Labute approximate surface area is 187 Å². The number of nitrogens with zero attached hydrogens (tertiary/aromatic N) is 4. The first-order valence-corrected chi connectivity index (χ1v) is 11.8. The maximum atomic E-state index is 12.1. The van der Waals surface area contributed by atoms with Crippen LogP contribution in [0.1, 0.15) is 36.8 Å². The average molecular weight is 430 g/mol. The number of urea groups is 1. The van der Waals surface area contributed by atoms with Gasteiger partial charge >= 0.3 is 6.03 Å². The van der Waals surface area contributed by atoms with Crippen LogP contribution in [0, 0.1) is 0 Å². The molecule has 31 heavy (non-hydrogen) atoms. The van der Waals surface area contributed by atoms with Crippen molar-refractivity contribution in [1.82, 2.24) is 24.9 Å². The van der Waals surface area contributed by atoms with Crippen LogP contribution in [-0.2, 0) is 17.8 Å². The molecule has 3 rings (SSSR count). The van der Waals surface area contributed by atoms with Gasteiger partial charge in [-0.1, -0.05) is 30.7 Å². The number of aryl methyl sites for hydroxylation is 1. The van der Waals surface area contributed by atoms with Gasteiger partial charge in [-0.05, 0) is 43.5 Å². The molecule has 7 heteroatoms. The van der Waals surface area contributed by atoms with Crippen molar-refractivity contribution in [2.24, 2.45) is 0 Å². The minimum Gasteiger partial charge on any atom is -0.355 e. The van der Waals surface area contributed by atoms with E-state index in [4.69, 9.17) is 0 Å². The van der Waals surface area contributed by atoms with Crippen LogP contribution in [0.2, 0.25) is 0 Å². The van der Waals surface area contributed by atoms with E-state index in [9.17, 15) is 9.59 Å². The number of benzene rings is 1. The molecule has 1 N–H and O–H groups in total. The second-order valence-electron chi connectivity index (χ2n) is 9.01. The third-order valence-corrected chi connectivity index (χ3v) is 6.29. The lowest BCUT2D eigenvalue weighted by atomic mass is 10.1. The maximum absolute atomic E-state index is 12.1. The molecule has 0 aliphatic carbocycles. The molecular weight excluding hydrogens is 390 g/mol. The summed E-state index contributed by atoms with van der Waals surface area (Å²) < 4.78 is 0. The van der Waals surface area contributed by atoms with Crippen LogP contribution < -0.4 is 5.32 Å². The predicted octanol–water partition coefficient (Wildman–Crippen LogP) is 2.02. The fourth-order valence-electron chi connectivity index (χ4n) is 4.33. The van der Waals surface area contributed by atoms with Crippen LogP contribution in [0.3, 0.4) is 0 Å². The second kappa shape index (κ2) is 12.1. The van der Waals surface area contributed by atoms with Crippen LogP contribution >= 0.6 is 0 Å². The van der Waals surface area contributed by atoms with E-state index >= 15 is 0 Å². The number of nitrogens with one attached hydrogen (secondary N) is 1. The molecule has 2 aliphatic heterocycles. The van der Waals surface area contributed by atoms with Gasteiger partial charge < -0.3 is 20.0 Å². The summed E-state index contributed by atoms with van der Waals surface area (Å²) in [6.07, 6.45) is 5.24. The average Bonchev–Trinajstić information content (AvgIpc) is 2.79. The zero-order valence-corrected chi connectivity index (χ0v) is 19.3. The molecule has 2 aliphatic rings. The van der Waals surface area contributed by atoms with Crippen LogP contribution in [0.25, 0.3) is 0 Å². The van der Waals surface area contributed by atoms with Gasteiger partial charge in [0.1, 0.15) is 0 Å². The highest BCUT2D eigenvalue weighted by Gasteiger charge is 2.22. The summed E-state index contributed by atoms with van der Waals surface area (Å²) in [5.74, 6) is 0.145. The lowest BCUT2D eigenvalue weighted by Crippen LogP contribution is -2.51. The molecule has 2 heterocycles. The normalized spacial score (nSPS) is 18.1. The molecule has 0 aromatic heterocycles. The first kappa shape index (κ1) is 23.5. The molecule has 0 spiro atoms. The standard InChI is InChI=1S/C24H39N5O2/c1-26(2)24(31)29-18-16-28(17-19-29)20-22-8-6-21(7-9-22)10-11-23(30)25-12-15-27-13-4-3-5-14-27/h6-9H,3-5,10-20H2,1-2H3,(H,25,30). The number of carbonyl (C=O) groups is 2. The zero-order valence-electron chi connectivity index (χ0n) is 19.3. The predicted molar refractivity (Wildman–Crippen MR) is 124 cm³/mol. The van der Waals surface area contributed by atoms with Crippen molar-refractivity contribution < 1.29 is 9.59 Å². The Morgan fingerprint density at radius 3 is 2.16 bits per heavy atom. The van der Waals surface area contributed by atoms with E-state index in [1.54, 1.807) is 19.0 Å². The Bertz CT molecular complexity index is 692. The summed E-state index contributed by atoms with van der Waals surface area (Å²) >= 11 is 0. The fraction of sp³-hybridized carbons (Fsp3) is 0.667. The van der Waals surface area contributed by atoms with Crippen molar-refractivity contribution in [3.63, 3.8) is 0 Å². The van der Waals surface area contributed by atoms with Gasteiger partial charge in [0.15, 0.2) is 0 Å².